The molecule has 140 valence electrons. The summed E-state index contributed by atoms with van der Waals surface area (Å²) in [6.45, 7) is 6.05. The third-order valence-corrected chi connectivity index (χ3v) is 4.78. The van der Waals surface area contributed by atoms with Crippen molar-refractivity contribution in [2.45, 2.75) is 40.0 Å². The maximum atomic E-state index is 12.7. The minimum Gasteiger partial charge on any atom is -0.483 e. The van der Waals surface area contributed by atoms with Crippen LogP contribution in [0, 0.1) is 13.8 Å². The van der Waals surface area contributed by atoms with Crippen LogP contribution >= 0.6 is 0 Å². The third kappa shape index (κ3) is 4.27. The molecular formula is C23H26N2O2. The number of para-hydroxylation sites is 1. The van der Waals surface area contributed by atoms with Crippen molar-refractivity contribution in [3.8, 4) is 16.9 Å². The second-order valence-electron chi connectivity index (χ2n) is 6.71. The molecule has 3 rings (SSSR count). The van der Waals surface area contributed by atoms with Crippen LogP contribution in [0.15, 0.2) is 54.6 Å². The summed E-state index contributed by atoms with van der Waals surface area (Å²) in [7, 11) is 0. The van der Waals surface area contributed by atoms with E-state index in [1.807, 2.05) is 68.4 Å². The van der Waals surface area contributed by atoms with Gasteiger partial charge in [-0.3, -0.25) is 4.79 Å². The van der Waals surface area contributed by atoms with Crippen molar-refractivity contribution in [2.24, 2.45) is 0 Å². The van der Waals surface area contributed by atoms with Gasteiger partial charge in [-0.05, 0) is 43.9 Å². The molecule has 0 saturated heterocycles. The molecule has 0 aliphatic rings. The number of carbonyl (C=O) groups is 1. The Hall–Kier alpha value is -2.88. The number of carbonyl (C=O) groups excluding carboxylic acids is 1. The van der Waals surface area contributed by atoms with Gasteiger partial charge in [0.05, 0.1) is 5.69 Å². The summed E-state index contributed by atoms with van der Waals surface area (Å²) in [6.07, 6.45) is 3.18. The molecule has 27 heavy (non-hydrogen) atoms. The number of ether oxygens (including phenoxy) is 1. The molecule has 0 saturated carbocycles. The van der Waals surface area contributed by atoms with Crippen molar-refractivity contribution in [1.82, 2.24) is 9.78 Å². The van der Waals surface area contributed by atoms with Crippen LogP contribution in [0.5, 0.6) is 5.75 Å². The smallest absolute Gasteiger partial charge is 0.284 e. The Balaban J connectivity index is 1.76. The number of aromatic nitrogens is 2. The van der Waals surface area contributed by atoms with Gasteiger partial charge in [0.25, 0.3) is 5.91 Å². The normalized spacial score (nSPS) is 10.8. The van der Waals surface area contributed by atoms with Crippen LogP contribution in [0.4, 0.5) is 0 Å². The van der Waals surface area contributed by atoms with E-state index in [0.29, 0.717) is 5.75 Å². The first-order valence-corrected chi connectivity index (χ1v) is 9.47. The molecule has 4 nitrogen and oxygen atoms in total. The molecule has 0 amide bonds. The summed E-state index contributed by atoms with van der Waals surface area (Å²) in [4.78, 5) is 12.7. The Morgan fingerprint density at radius 2 is 1.74 bits per heavy atom. The Kier molecular flexibility index (Phi) is 6.07. The predicted molar refractivity (Wildman–Crippen MR) is 108 cm³/mol. The first kappa shape index (κ1) is 18.9. The van der Waals surface area contributed by atoms with Gasteiger partial charge in [-0.2, -0.15) is 5.10 Å². The highest BCUT2D eigenvalue weighted by atomic mass is 16.5. The van der Waals surface area contributed by atoms with Crippen LogP contribution in [-0.2, 0) is 6.42 Å². The number of aryl methyl sites for hydroxylation is 1. The molecule has 1 heterocycles. The summed E-state index contributed by atoms with van der Waals surface area (Å²) < 4.78 is 7.37. The van der Waals surface area contributed by atoms with E-state index in [1.165, 1.54) is 10.2 Å². The van der Waals surface area contributed by atoms with E-state index in [9.17, 15) is 4.79 Å². The average molecular weight is 362 g/mol. The summed E-state index contributed by atoms with van der Waals surface area (Å²) in [5.41, 5.74) is 5.07. The lowest BCUT2D eigenvalue weighted by Crippen LogP contribution is -2.22. The largest absolute Gasteiger partial charge is 0.483 e. The highest BCUT2D eigenvalue weighted by Gasteiger charge is 2.17. The van der Waals surface area contributed by atoms with Crippen molar-refractivity contribution in [3.63, 3.8) is 0 Å². The summed E-state index contributed by atoms with van der Waals surface area (Å²) in [5.74, 6) is 0.547. The number of unbranched alkanes of at least 4 members (excludes halogenated alkanes) is 1. The fourth-order valence-corrected chi connectivity index (χ4v) is 3.28. The van der Waals surface area contributed by atoms with Crippen molar-refractivity contribution >= 4 is 5.91 Å². The van der Waals surface area contributed by atoms with Gasteiger partial charge in [-0.15, -0.1) is 0 Å². The topological polar surface area (TPSA) is 44.1 Å². The Bertz CT molecular complexity index is 913. The predicted octanol–water partition coefficient (Wildman–Crippen LogP) is 5.23. The molecule has 0 unspecified atom stereocenters. The molecule has 2 aromatic carbocycles. The highest BCUT2D eigenvalue weighted by molar-refractivity contribution is 5.81. The van der Waals surface area contributed by atoms with Gasteiger partial charge in [0.1, 0.15) is 5.75 Å². The van der Waals surface area contributed by atoms with E-state index < -0.39 is 0 Å². The number of benzene rings is 2. The van der Waals surface area contributed by atoms with Crippen LogP contribution in [0.2, 0.25) is 0 Å². The van der Waals surface area contributed by atoms with Gasteiger partial charge in [0.15, 0.2) is 6.61 Å². The molecule has 0 N–H and O–H groups in total. The molecule has 0 bridgehead atoms. The maximum absolute atomic E-state index is 12.7. The monoisotopic (exact) mass is 362 g/mol. The molecular weight excluding hydrogens is 336 g/mol. The third-order valence-electron chi connectivity index (χ3n) is 4.78. The SMILES string of the molecule is CCCCc1c(C)nn(C(=O)COc2ccccc2-c2ccccc2)c1C. The maximum Gasteiger partial charge on any atom is 0.284 e. The molecule has 0 atom stereocenters. The second-order valence-corrected chi connectivity index (χ2v) is 6.71. The fourth-order valence-electron chi connectivity index (χ4n) is 3.28. The quantitative estimate of drug-likeness (QED) is 0.578. The molecule has 0 aliphatic heterocycles. The number of hydrogen-bond acceptors (Lipinski definition) is 3. The lowest BCUT2D eigenvalue weighted by molar-refractivity contribution is 0.0818. The van der Waals surface area contributed by atoms with Gasteiger partial charge < -0.3 is 4.74 Å². The number of hydrogen-bond donors (Lipinski definition) is 0. The lowest BCUT2D eigenvalue weighted by Gasteiger charge is -2.11. The van der Waals surface area contributed by atoms with Gasteiger partial charge in [-0.25, -0.2) is 4.68 Å². The Morgan fingerprint density at radius 1 is 1.04 bits per heavy atom. The molecule has 0 spiro atoms. The standard InChI is InChI=1S/C23H26N2O2/c1-4-5-13-20-17(2)24-25(18(20)3)23(26)16-27-22-15-10-9-14-21(22)19-11-7-6-8-12-19/h6-12,14-15H,4-5,13,16H2,1-3H3. The van der Waals surface area contributed by atoms with Gasteiger partial charge in [0.2, 0.25) is 0 Å². The zero-order valence-corrected chi connectivity index (χ0v) is 16.2. The van der Waals surface area contributed by atoms with Gasteiger partial charge >= 0.3 is 0 Å². The fraction of sp³-hybridized carbons (Fsp3) is 0.304. The summed E-state index contributed by atoms with van der Waals surface area (Å²) in [5, 5.41) is 4.44. The molecule has 1 aromatic heterocycles. The Morgan fingerprint density at radius 3 is 2.48 bits per heavy atom. The van der Waals surface area contributed by atoms with E-state index in [1.54, 1.807) is 0 Å². The van der Waals surface area contributed by atoms with E-state index in [0.717, 1.165) is 41.8 Å². The summed E-state index contributed by atoms with van der Waals surface area (Å²) in [6, 6.07) is 17.8. The van der Waals surface area contributed by atoms with Crippen molar-refractivity contribution in [3.05, 3.63) is 71.5 Å². The van der Waals surface area contributed by atoms with Crippen molar-refractivity contribution < 1.29 is 9.53 Å². The number of nitrogens with zero attached hydrogens (tertiary/aromatic N) is 2. The van der Waals surface area contributed by atoms with Gasteiger partial charge in [-0.1, -0.05) is 61.9 Å². The molecule has 4 heteroatoms. The van der Waals surface area contributed by atoms with E-state index in [-0.39, 0.29) is 12.5 Å². The van der Waals surface area contributed by atoms with E-state index in [2.05, 4.69) is 12.0 Å². The second kappa shape index (κ2) is 8.67. The average Bonchev–Trinajstić information content (AvgIpc) is 2.99. The van der Waals surface area contributed by atoms with Crippen molar-refractivity contribution in [2.75, 3.05) is 6.61 Å². The zero-order valence-electron chi connectivity index (χ0n) is 16.2. The zero-order chi connectivity index (χ0) is 19.2. The van der Waals surface area contributed by atoms with E-state index in [4.69, 9.17) is 4.74 Å². The Labute approximate surface area is 160 Å². The van der Waals surface area contributed by atoms with Crippen LogP contribution in [-0.4, -0.2) is 22.3 Å². The number of rotatable bonds is 7. The van der Waals surface area contributed by atoms with Gasteiger partial charge in [0, 0.05) is 11.3 Å². The van der Waals surface area contributed by atoms with Crippen molar-refractivity contribution in [1.29, 1.82) is 0 Å². The highest BCUT2D eigenvalue weighted by Crippen LogP contribution is 2.29. The summed E-state index contributed by atoms with van der Waals surface area (Å²) >= 11 is 0. The minimum atomic E-state index is -0.152. The molecule has 3 aromatic rings. The van der Waals surface area contributed by atoms with E-state index >= 15 is 0 Å². The minimum absolute atomic E-state index is 0.0426. The molecule has 0 aliphatic carbocycles. The van der Waals surface area contributed by atoms with Crippen LogP contribution in [0.25, 0.3) is 11.1 Å². The first-order valence-electron chi connectivity index (χ1n) is 9.47. The van der Waals surface area contributed by atoms with Crippen LogP contribution in [0.3, 0.4) is 0 Å². The first-order chi connectivity index (χ1) is 13.1. The molecule has 0 fully saturated rings. The molecule has 0 radical (unpaired) electrons. The lowest BCUT2D eigenvalue weighted by atomic mass is 10.1. The van der Waals surface area contributed by atoms with Crippen LogP contribution < -0.4 is 4.74 Å². The van der Waals surface area contributed by atoms with Crippen LogP contribution in [0.1, 0.15) is 41.5 Å².